The molecule has 0 radical (unpaired) electrons. The van der Waals surface area contributed by atoms with Crippen molar-refractivity contribution in [1.82, 2.24) is 4.98 Å². The largest absolute Gasteiger partial charge is 0.374 e. The van der Waals surface area contributed by atoms with Gasteiger partial charge in [0.15, 0.2) is 23.3 Å². The minimum absolute atomic E-state index is 0.129. The van der Waals surface area contributed by atoms with Gasteiger partial charge >= 0.3 is 0 Å². The molecule has 1 N–H and O–H groups in total. The molecule has 0 aliphatic heterocycles. The van der Waals surface area contributed by atoms with Gasteiger partial charge in [-0.15, -0.1) is 11.3 Å². The molecule has 0 bridgehead atoms. The second kappa shape index (κ2) is 4.89. The Kier molecular flexibility index (Phi) is 3.46. The monoisotopic (exact) mass is 280 g/mol. The number of nitrogens with zero attached hydrogens (tertiary/aromatic N) is 1. The SMILES string of the molecule is Fc1c(F)c(F)c(NCc2nccs2)c(F)c1F. The second-order valence-electron chi connectivity index (χ2n) is 3.22. The summed E-state index contributed by atoms with van der Waals surface area (Å²) in [4.78, 5) is 3.80. The van der Waals surface area contributed by atoms with Crippen LogP contribution < -0.4 is 5.32 Å². The molecule has 96 valence electrons. The fraction of sp³-hybridized carbons (Fsp3) is 0.100. The molecule has 1 aromatic carbocycles. The first-order valence-corrected chi connectivity index (χ1v) is 5.54. The van der Waals surface area contributed by atoms with Crippen molar-refractivity contribution in [2.45, 2.75) is 6.54 Å². The number of halogens is 5. The highest BCUT2D eigenvalue weighted by atomic mass is 32.1. The summed E-state index contributed by atoms with van der Waals surface area (Å²) in [6, 6.07) is 0. The Hall–Kier alpha value is -1.70. The van der Waals surface area contributed by atoms with Crippen molar-refractivity contribution in [2.24, 2.45) is 0 Å². The van der Waals surface area contributed by atoms with Crippen molar-refractivity contribution in [3.63, 3.8) is 0 Å². The average Bonchev–Trinajstić information content (AvgIpc) is 2.87. The summed E-state index contributed by atoms with van der Waals surface area (Å²) in [7, 11) is 0. The van der Waals surface area contributed by atoms with Crippen molar-refractivity contribution < 1.29 is 22.0 Å². The van der Waals surface area contributed by atoms with E-state index < -0.39 is 34.8 Å². The third kappa shape index (κ3) is 2.15. The van der Waals surface area contributed by atoms with Gasteiger partial charge in [-0.1, -0.05) is 0 Å². The maximum Gasteiger partial charge on any atom is 0.200 e. The summed E-state index contributed by atoms with van der Waals surface area (Å²) in [6.45, 7) is -0.129. The molecular weight excluding hydrogens is 275 g/mol. The van der Waals surface area contributed by atoms with Crippen LogP contribution in [-0.2, 0) is 6.54 Å². The minimum Gasteiger partial charge on any atom is -0.374 e. The lowest BCUT2D eigenvalue weighted by Gasteiger charge is -2.09. The zero-order chi connectivity index (χ0) is 13.3. The van der Waals surface area contributed by atoms with Gasteiger partial charge in [-0.05, 0) is 0 Å². The molecular formula is C10H5F5N2S. The van der Waals surface area contributed by atoms with Gasteiger partial charge < -0.3 is 5.32 Å². The fourth-order valence-corrected chi connectivity index (χ4v) is 1.82. The Bertz CT molecular complexity index is 541. The highest BCUT2D eigenvalue weighted by Gasteiger charge is 2.25. The zero-order valence-electron chi connectivity index (χ0n) is 8.61. The van der Waals surface area contributed by atoms with Gasteiger partial charge in [0, 0.05) is 11.6 Å². The summed E-state index contributed by atoms with van der Waals surface area (Å²) in [5.74, 6) is -9.90. The third-order valence-electron chi connectivity index (χ3n) is 2.11. The van der Waals surface area contributed by atoms with E-state index in [0.717, 1.165) is 0 Å². The fourth-order valence-electron chi connectivity index (χ4n) is 1.26. The normalized spacial score (nSPS) is 10.7. The van der Waals surface area contributed by atoms with Crippen LogP contribution in [0.2, 0.25) is 0 Å². The number of benzene rings is 1. The van der Waals surface area contributed by atoms with Gasteiger partial charge in [-0.3, -0.25) is 0 Å². The molecule has 0 saturated carbocycles. The predicted molar refractivity (Wildman–Crippen MR) is 55.7 cm³/mol. The Morgan fingerprint density at radius 1 is 0.944 bits per heavy atom. The van der Waals surface area contributed by atoms with Crippen molar-refractivity contribution in [2.75, 3.05) is 5.32 Å². The van der Waals surface area contributed by atoms with Crippen molar-refractivity contribution in [3.05, 3.63) is 45.7 Å². The first kappa shape index (κ1) is 12.7. The summed E-state index contributed by atoms with van der Waals surface area (Å²) in [5.41, 5.74) is -1.05. The van der Waals surface area contributed by atoms with Crippen LogP contribution in [0.15, 0.2) is 11.6 Å². The van der Waals surface area contributed by atoms with Crippen LogP contribution in [0.3, 0.4) is 0 Å². The molecule has 0 fully saturated rings. The van der Waals surface area contributed by atoms with Gasteiger partial charge in [0.2, 0.25) is 5.82 Å². The molecule has 0 saturated heterocycles. The zero-order valence-corrected chi connectivity index (χ0v) is 9.42. The number of hydrogen-bond acceptors (Lipinski definition) is 3. The second-order valence-corrected chi connectivity index (χ2v) is 4.20. The van der Waals surface area contributed by atoms with E-state index in [9.17, 15) is 22.0 Å². The summed E-state index contributed by atoms with van der Waals surface area (Å²) < 4.78 is 64.9. The van der Waals surface area contributed by atoms with Crippen LogP contribution in [0, 0.1) is 29.1 Å². The number of rotatable bonds is 3. The molecule has 1 aromatic heterocycles. The molecule has 8 heteroatoms. The van der Waals surface area contributed by atoms with E-state index in [1.807, 2.05) is 0 Å². The molecule has 0 aliphatic rings. The molecule has 18 heavy (non-hydrogen) atoms. The maximum absolute atomic E-state index is 13.2. The smallest absolute Gasteiger partial charge is 0.200 e. The predicted octanol–water partition coefficient (Wildman–Crippen LogP) is 3.45. The van der Waals surface area contributed by atoms with Gasteiger partial charge in [0.1, 0.15) is 10.7 Å². The quantitative estimate of drug-likeness (QED) is 0.529. The number of aromatic nitrogens is 1. The van der Waals surface area contributed by atoms with E-state index in [-0.39, 0.29) is 6.54 Å². The first-order valence-electron chi connectivity index (χ1n) is 4.66. The summed E-state index contributed by atoms with van der Waals surface area (Å²) in [6.07, 6.45) is 1.46. The van der Waals surface area contributed by atoms with Crippen LogP contribution >= 0.6 is 11.3 Å². The Balaban J connectivity index is 2.33. The lowest BCUT2D eigenvalue weighted by atomic mass is 10.2. The van der Waals surface area contributed by atoms with Crippen molar-refractivity contribution in [1.29, 1.82) is 0 Å². The lowest BCUT2D eigenvalue weighted by molar-refractivity contribution is 0.381. The van der Waals surface area contributed by atoms with Crippen LogP contribution in [0.25, 0.3) is 0 Å². The molecule has 1 heterocycles. The van der Waals surface area contributed by atoms with Gasteiger partial charge in [-0.25, -0.2) is 26.9 Å². The van der Waals surface area contributed by atoms with Crippen molar-refractivity contribution >= 4 is 17.0 Å². The maximum atomic E-state index is 13.2. The summed E-state index contributed by atoms with van der Waals surface area (Å²) in [5, 5.41) is 4.22. The lowest BCUT2D eigenvalue weighted by Crippen LogP contribution is -2.09. The molecule has 2 rings (SSSR count). The number of hydrogen-bond donors (Lipinski definition) is 1. The minimum atomic E-state index is -2.18. The van der Waals surface area contributed by atoms with Gasteiger partial charge in [0.25, 0.3) is 0 Å². The third-order valence-corrected chi connectivity index (χ3v) is 2.89. The topological polar surface area (TPSA) is 24.9 Å². The van der Waals surface area contributed by atoms with Crippen LogP contribution in [0.5, 0.6) is 0 Å². The highest BCUT2D eigenvalue weighted by Crippen LogP contribution is 2.27. The highest BCUT2D eigenvalue weighted by molar-refractivity contribution is 7.09. The van der Waals surface area contributed by atoms with Gasteiger partial charge in [-0.2, -0.15) is 0 Å². The first-order chi connectivity index (χ1) is 8.52. The molecule has 0 amide bonds. The molecule has 2 nitrogen and oxygen atoms in total. The van der Waals surface area contributed by atoms with E-state index >= 15 is 0 Å². The Labute approximate surface area is 102 Å². The molecule has 0 atom stereocenters. The number of anilines is 1. The Morgan fingerprint density at radius 3 is 2.00 bits per heavy atom. The number of thiazole rings is 1. The van der Waals surface area contributed by atoms with E-state index in [1.54, 1.807) is 5.38 Å². The van der Waals surface area contributed by atoms with Crippen molar-refractivity contribution in [3.8, 4) is 0 Å². The van der Waals surface area contributed by atoms with Crippen LogP contribution in [0.1, 0.15) is 5.01 Å². The Morgan fingerprint density at radius 2 is 1.50 bits per heavy atom. The number of nitrogens with one attached hydrogen (secondary N) is 1. The molecule has 0 spiro atoms. The van der Waals surface area contributed by atoms with Crippen LogP contribution in [-0.4, -0.2) is 4.98 Å². The summed E-state index contributed by atoms with van der Waals surface area (Å²) >= 11 is 1.19. The van der Waals surface area contributed by atoms with Crippen LogP contribution in [0.4, 0.5) is 27.6 Å². The van der Waals surface area contributed by atoms with E-state index in [4.69, 9.17) is 0 Å². The molecule has 0 unspecified atom stereocenters. The van der Waals surface area contributed by atoms with E-state index in [2.05, 4.69) is 10.3 Å². The van der Waals surface area contributed by atoms with E-state index in [0.29, 0.717) is 5.01 Å². The molecule has 0 aliphatic carbocycles. The van der Waals surface area contributed by atoms with E-state index in [1.165, 1.54) is 17.5 Å². The average molecular weight is 280 g/mol. The standard InChI is InChI=1S/C10H5F5N2S/c11-5-6(12)8(14)10(9(15)7(5)13)17-3-4-16-1-2-18-4/h1-2,17H,3H2. The van der Waals surface area contributed by atoms with Gasteiger partial charge in [0.05, 0.1) is 6.54 Å². The molecule has 2 aromatic rings.